The minimum absolute atomic E-state index is 0.0448. The monoisotopic (exact) mass is 568 g/mol. The molecule has 0 heterocycles. The number of sulfone groups is 1. The van der Waals surface area contributed by atoms with Crippen LogP contribution in [-0.4, -0.2) is 33.4 Å². The zero-order chi connectivity index (χ0) is 28.9. The quantitative estimate of drug-likeness (QED) is 0.205. The van der Waals surface area contributed by atoms with Gasteiger partial charge in [0.1, 0.15) is 23.9 Å². The topological polar surface area (TPSA) is 78.9 Å². The van der Waals surface area contributed by atoms with Crippen molar-refractivity contribution in [3.63, 3.8) is 0 Å². The molecule has 0 aromatic heterocycles. The van der Waals surface area contributed by atoms with E-state index in [0.29, 0.717) is 36.0 Å². The predicted octanol–water partition coefficient (Wildman–Crippen LogP) is 7.10. The lowest BCUT2D eigenvalue weighted by Crippen LogP contribution is -2.16. The van der Waals surface area contributed by atoms with Crippen molar-refractivity contribution in [3.05, 3.63) is 77.6 Å². The second kappa shape index (κ2) is 12.9. The highest BCUT2D eigenvalue weighted by Gasteiger charge is 2.29. The number of benzene rings is 3. The number of halogens is 1. The lowest BCUT2D eigenvalue weighted by atomic mass is 9.90. The van der Waals surface area contributed by atoms with Gasteiger partial charge in [0.15, 0.2) is 9.84 Å². The maximum absolute atomic E-state index is 14.8. The van der Waals surface area contributed by atoms with Crippen molar-refractivity contribution < 1.29 is 31.8 Å². The lowest BCUT2D eigenvalue weighted by Gasteiger charge is -2.18. The Hall–Kier alpha value is -3.39. The summed E-state index contributed by atoms with van der Waals surface area (Å²) in [5.41, 5.74) is 2.09. The van der Waals surface area contributed by atoms with E-state index in [1.165, 1.54) is 38.2 Å². The van der Waals surface area contributed by atoms with E-state index in [-0.39, 0.29) is 34.5 Å². The molecule has 0 aliphatic heterocycles. The third-order valence-electron chi connectivity index (χ3n) is 7.21. The fourth-order valence-electron chi connectivity index (χ4n) is 4.75. The molecule has 40 heavy (non-hydrogen) atoms. The highest BCUT2D eigenvalue weighted by molar-refractivity contribution is 7.92. The van der Waals surface area contributed by atoms with Gasteiger partial charge in [-0.15, -0.1) is 0 Å². The number of methoxy groups -OCH3 is 1. The van der Waals surface area contributed by atoms with Crippen LogP contribution in [-0.2, 0) is 26.0 Å². The number of esters is 1. The van der Waals surface area contributed by atoms with Crippen LogP contribution in [0.2, 0.25) is 0 Å². The molecule has 3 aromatic carbocycles. The van der Waals surface area contributed by atoms with Gasteiger partial charge in [-0.3, -0.25) is 4.79 Å². The van der Waals surface area contributed by atoms with Gasteiger partial charge in [-0.05, 0) is 86.6 Å². The van der Waals surface area contributed by atoms with Crippen LogP contribution in [0.1, 0.15) is 63.5 Å². The van der Waals surface area contributed by atoms with Crippen LogP contribution >= 0.6 is 0 Å². The van der Waals surface area contributed by atoms with Gasteiger partial charge in [-0.2, -0.15) is 0 Å². The SMILES string of the molecule is CCOC(=O)C[C@H](CC1CC1)c1cccc(OCc2ccc(-c3cc(OC)ccc3F)c(S(=O)(=O)C(C)C)c2)c1. The van der Waals surface area contributed by atoms with Crippen molar-refractivity contribution in [2.45, 2.75) is 69.1 Å². The average Bonchev–Trinajstić information content (AvgIpc) is 3.76. The van der Waals surface area contributed by atoms with Crippen LogP contribution < -0.4 is 9.47 Å². The average molecular weight is 569 g/mol. The van der Waals surface area contributed by atoms with Gasteiger partial charge < -0.3 is 14.2 Å². The number of carbonyl (C=O) groups is 1. The number of ether oxygens (including phenoxy) is 3. The van der Waals surface area contributed by atoms with E-state index in [1.807, 2.05) is 24.3 Å². The van der Waals surface area contributed by atoms with Crippen LogP contribution in [0.15, 0.2) is 65.6 Å². The number of hydrogen-bond acceptors (Lipinski definition) is 6. The first-order valence-electron chi connectivity index (χ1n) is 13.7. The van der Waals surface area contributed by atoms with Gasteiger partial charge in [-0.1, -0.05) is 37.1 Å². The summed E-state index contributed by atoms with van der Waals surface area (Å²) in [6.45, 7) is 5.49. The van der Waals surface area contributed by atoms with E-state index < -0.39 is 20.9 Å². The van der Waals surface area contributed by atoms with Crippen molar-refractivity contribution in [1.82, 2.24) is 0 Å². The van der Waals surface area contributed by atoms with E-state index in [2.05, 4.69) is 0 Å². The van der Waals surface area contributed by atoms with Gasteiger partial charge in [-0.25, -0.2) is 12.8 Å². The summed E-state index contributed by atoms with van der Waals surface area (Å²) in [6.07, 6.45) is 3.63. The molecule has 0 unspecified atom stereocenters. The maximum Gasteiger partial charge on any atom is 0.306 e. The Labute approximate surface area is 236 Å². The van der Waals surface area contributed by atoms with Crippen molar-refractivity contribution in [3.8, 4) is 22.6 Å². The fourth-order valence-corrected chi connectivity index (χ4v) is 6.05. The zero-order valence-electron chi connectivity index (χ0n) is 23.5. The highest BCUT2D eigenvalue weighted by Crippen LogP contribution is 2.41. The molecular weight excluding hydrogens is 531 g/mol. The molecule has 8 heteroatoms. The van der Waals surface area contributed by atoms with Crippen molar-refractivity contribution in [2.24, 2.45) is 5.92 Å². The molecule has 0 spiro atoms. The Kier molecular flexibility index (Phi) is 9.51. The van der Waals surface area contributed by atoms with Crippen LogP contribution in [0, 0.1) is 11.7 Å². The second-order valence-corrected chi connectivity index (χ2v) is 13.0. The Morgan fingerprint density at radius 1 is 1.00 bits per heavy atom. The molecule has 4 rings (SSSR count). The molecule has 1 atom stereocenters. The predicted molar refractivity (Wildman–Crippen MR) is 153 cm³/mol. The minimum Gasteiger partial charge on any atom is -0.497 e. The fraction of sp³-hybridized carbons (Fsp3) is 0.406. The normalized spacial score (nSPS) is 14.2. The molecule has 6 nitrogen and oxygen atoms in total. The van der Waals surface area contributed by atoms with Crippen molar-refractivity contribution in [1.29, 1.82) is 0 Å². The number of carbonyl (C=O) groups excluding carboxylic acids is 1. The third-order valence-corrected chi connectivity index (χ3v) is 9.40. The molecule has 1 aliphatic rings. The first-order chi connectivity index (χ1) is 19.1. The van der Waals surface area contributed by atoms with Gasteiger partial charge >= 0.3 is 5.97 Å². The Morgan fingerprint density at radius 3 is 2.45 bits per heavy atom. The van der Waals surface area contributed by atoms with Gasteiger partial charge in [0.25, 0.3) is 0 Å². The molecule has 0 N–H and O–H groups in total. The number of rotatable bonds is 13. The minimum atomic E-state index is -3.74. The first-order valence-corrected chi connectivity index (χ1v) is 15.3. The smallest absolute Gasteiger partial charge is 0.306 e. The van der Waals surface area contributed by atoms with Crippen molar-refractivity contribution in [2.75, 3.05) is 13.7 Å². The van der Waals surface area contributed by atoms with E-state index >= 15 is 0 Å². The first kappa shape index (κ1) is 29.6. The summed E-state index contributed by atoms with van der Waals surface area (Å²) in [4.78, 5) is 12.3. The van der Waals surface area contributed by atoms with E-state index in [0.717, 1.165) is 12.0 Å². The molecule has 1 fully saturated rings. The highest BCUT2D eigenvalue weighted by atomic mass is 32.2. The lowest BCUT2D eigenvalue weighted by molar-refractivity contribution is -0.143. The van der Waals surface area contributed by atoms with E-state index in [1.54, 1.807) is 39.0 Å². The summed E-state index contributed by atoms with van der Waals surface area (Å²) in [7, 11) is -2.27. The molecule has 3 aromatic rings. The molecule has 1 aliphatic carbocycles. The summed E-state index contributed by atoms with van der Waals surface area (Å²) in [5.74, 6) is 1.00. The number of hydrogen-bond donors (Lipinski definition) is 0. The summed E-state index contributed by atoms with van der Waals surface area (Å²) < 4.78 is 58.0. The summed E-state index contributed by atoms with van der Waals surface area (Å²) in [6, 6.07) is 16.9. The van der Waals surface area contributed by atoms with Crippen molar-refractivity contribution >= 4 is 15.8 Å². The molecule has 0 radical (unpaired) electrons. The maximum atomic E-state index is 14.8. The molecule has 214 valence electrons. The van der Waals surface area contributed by atoms with E-state index in [9.17, 15) is 17.6 Å². The van der Waals surface area contributed by atoms with Crippen LogP contribution in [0.25, 0.3) is 11.1 Å². The van der Waals surface area contributed by atoms with Gasteiger partial charge in [0, 0.05) is 11.1 Å². The summed E-state index contributed by atoms with van der Waals surface area (Å²) >= 11 is 0. The molecule has 0 amide bonds. The Balaban J connectivity index is 1.60. The van der Waals surface area contributed by atoms with Gasteiger partial charge in [0.05, 0.1) is 30.3 Å². The van der Waals surface area contributed by atoms with Gasteiger partial charge in [0.2, 0.25) is 0 Å². The molecule has 1 saturated carbocycles. The molecule has 0 saturated heterocycles. The summed E-state index contributed by atoms with van der Waals surface area (Å²) in [5, 5.41) is -0.699. The zero-order valence-corrected chi connectivity index (χ0v) is 24.3. The van der Waals surface area contributed by atoms with E-state index in [4.69, 9.17) is 14.2 Å². The Bertz CT molecular complexity index is 1450. The molecular formula is C32H37FO6S. The largest absolute Gasteiger partial charge is 0.497 e. The second-order valence-electron chi connectivity index (χ2n) is 10.5. The van der Waals surface area contributed by atoms with Crippen LogP contribution in [0.5, 0.6) is 11.5 Å². The molecule has 0 bridgehead atoms. The van der Waals surface area contributed by atoms with Crippen LogP contribution in [0.3, 0.4) is 0 Å². The Morgan fingerprint density at radius 2 is 1.77 bits per heavy atom. The van der Waals surface area contributed by atoms with Crippen LogP contribution in [0.4, 0.5) is 4.39 Å². The standard InChI is InChI=1S/C32H37FO6S/c1-5-38-32(34)18-25(15-22-9-10-22)24-7-6-8-27(17-24)39-20-23-11-13-28(31(16-23)40(35,36)21(2)3)29-19-26(37-4)12-14-30(29)33/h6-8,11-14,16-17,19,21-22,25H,5,9-10,15,18,20H2,1-4H3/t25-/m0/s1. The third kappa shape index (κ3) is 7.22.